The van der Waals surface area contributed by atoms with Gasteiger partial charge in [-0.2, -0.15) is 0 Å². The smallest absolute Gasteiger partial charge is 0.256 e. The van der Waals surface area contributed by atoms with Gasteiger partial charge in [0.1, 0.15) is 0 Å². The first-order valence-electron chi connectivity index (χ1n) is 11.5. The molecule has 2 aliphatic carbocycles. The van der Waals surface area contributed by atoms with E-state index < -0.39 is 0 Å². The van der Waals surface area contributed by atoms with Crippen LogP contribution in [0, 0.1) is 0 Å². The van der Waals surface area contributed by atoms with Gasteiger partial charge in [-0.15, -0.1) is 24.8 Å². The summed E-state index contributed by atoms with van der Waals surface area (Å²) in [4.78, 5) is 21.0. The Labute approximate surface area is 201 Å². The normalized spacial score (nSPS) is 18.8. The number of hydrogen-bond donors (Lipinski definition) is 1. The zero-order chi connectivity index (χ0) is 20.1. The molecule has 0 bridgehead atoms. The fraction of sp³-hybridized carbons (Fsp3) is 0.423. The van der Waals surface area contributed by atoms with Gasteiger partial charge in [-0.3, -0.25) is 14.6 Å². The highest BCUT2D eigenvalue weighted by molar-refractivity contribution is 5.92. The van der Waals surface area contributed by atoms with Gasteiger partial charge in [0.25, 0.3) is 5.56 Å². The number of aromatic amines is 1. The third kappa shape index (κ3) is 4.10. The number of hydrogen-bond acceptors (Lipinski definition) is 3. The molecule has 0 spiro atoms. The highest BCUT2D eigenvalue weighted by Crippen LogP contribution is 2.38. The van der Waals surface area contributed by atoms with Crippen molar-refractivity contribution in [3.05, 3.63) is 69.5 Å². The summed E-state index contributed by atoms with van der Waals surface area (Å²) < 4.78 is 0. The Morgan fingerprint density at radius 2 is 1.62 bits per heavy atom. The molecule has 4 nitrogen and oxygen atoms in total. The van der Waals surface area contributed by atoms with Crippen LogP contribution in [-0.4, -0.2) is 47.0 Å². The minimum absolute atomic E-state index is 0. The van der Waals surface area contributed by atoms with Gasteiger partial charge >= 0.3 is 0 Å². The van der Waals surface area contributed by atoms with E-state index in [1.54, 1.807) is 0 Å². The molecule has 1 saturated carbocycles. The predicted molar refractivity (Wildman–Crippen MR) is 136 cm³/mol. The lowest BCUT2D eigenvalue weighted by Gasteiger charge is -2.38. The topological polar surface area (TPSA) is 39.3 Å². The molecule has 1 N–H and O–H groups in total. The highest BCUT2D eigenvalue weighted by Gasteiger charge is 2.27. The first-order chi connectivity index (χ1) is 14.8. The first-order valence-corrected chi connectivity index (χ1v) is 11.5. The van der Waals surface area contributed by atoms with Crippen LogP contribution in [0.4, 0.5) is 0 Å². The van der Waals surface area contributed by atoms with Crippen molar-refractivity contribution < 1.29 is 0 Å². The zero-order valence-corrected chi connectivity index (χ0v) is 19.9. The lowest BCUT2D eigenvalue weighted by Crippen LogP contribution is -2.49. The van der Waals surface area contributed by atoms with Gasteiger partial charge in [-0.1, -0.05) is 49.2 Å². The molecule has 0 amide bonds. The second kappa shape index (κ2) is 9.56. The molecule has 1 aliphatic heterocycles. The van der Waals surface area contributed by atoms with Crippen molar-refractivity contribution in [2.75, 3.05) is 26.2 Å². The minimum atomic E-state index is 0. The average molecular weight is 472 g/mol. The van der Waals surface area contributed by atoms with Crippen LogP contribution in [-0.2, 0) is 13.0 Å². The number of nitrogens with one attached hydrogen (secondary N) is 1. The van der Waals surface area contributed by atoms with Crippen molar-refractivity contribution >= 4 is 35.6 Å². The molecule has 3 aliphatic rings. The van der Waals surface area contributed by atoms with Crippen molar-refractivity contribution in [2.24, 2.45) is 0 Å². The summed E-state index contributed by atoms with van der Waals surface area (Å²) in [5, 5.41) is 1.89. The van der Waals surface area contributed by atoms with Crippen LogP contribution in [0.3, 0.4) is 0 Å². The van der Waals surface area contributed by atoms with Crippen LogP contribution in [0.15, 0.2) is 47.3 Å². The summed E-state index contributed by atoms with van der Waals surface area (Å²) >= 11 is 0. The van der Waals surface area contributed by atoms with Crippen molar-refractivity contribution in [1.82, 2.24) is 14.8 Å². The third-order valence-corrected chi connectivity index (χ3v) is 7.50. The van der Waals surface area contributed by atoms with Gasteiger partial charge in [0, 0.05) is 56.1 Å². The van der Waals surface area contributed by atoms with Crippen LogP contribution in [0.5, 0.6) is 0 Å². The van der Waals surface area contributed by atoms with E-state index in [-0.39, 0.29) is 30.4 Å². The number of pyridine rings is 1. The van der Waals surface area contributed by atoms with Gasteiger partial charge in [0.15, 0.2) is 0 Å². The SMILES string of the molecule is Cl.Cl.O=c1[nH]c2c(c3ccccc13)Cc1cc(CN3CCN(C4CCCC4)CC3)ccc1-2. The van der Waals surface area contributed by atoms with Crippen molar-refractivity contribution in [3.63, 3.8) is 0 Å². The number of benzene rings is 2. The van der Waals surface area contributed by atoms with Crippen LogP contribution in [0.1, 0.15) is 42.4 Å². The zero-order valence-electron chi connectivity index (χ0n) is 18.3. The standard InChI is InChI=1S/C26H29N3O.2ClH/c30-26-23-8-4-3-7-22(23)24-16-19-15-18(9-10-21(19)25(24)27-26)17-28-11-13-29(14-12-28)20-5-1-2-6-20;;/h3-4,7-10,15,20H,1-2,5-6,11-14,16-17H2,(H,27,30);2*1H. The minimum Gasteiger partial charge on any atom is -0.321 e. The molecular formula is C26H31Cl2N3O. The molecule has 2 heterocycles. The molecule has 1 aromatic heterocycles. The molecule has 0 atom stereocenters. The van der Waals surface area contributed by atoms with E-state index in [1.807, 2.05) is 18.2 Å². The molecule has 32 heavy (non-hydrogen) atoms. The monoisotopic (exact) mass is 471 g/mol. The van der Waals surface area contributed by atoms with Crippen LogP contribution < -0.4 is 5.56 Å². The lowest BCUT2D eigenvalue weighted by molar-refractivity contribution is 0.0937. The summed E-state index contributed by atoms with van der Waals surface area (Å²) in [6.45, 7) is 5.81. The fourth-order valence-corrected chi connectivity index (χ4v) is 5.89. The predicted octanol–water partition coefficient (Wildman–Crippen LogP) is 5.00. The number of halogens is 2. The van der Waals surface area contributed by atoms with E-state index in [0.717, 1.165) is 35.5 Å². The van der Waals surface area contributed by atoms with Gasteiger partial charge < -0.3 is 4.98 Å². The fourth-order valence-electron chi connectivity index (χ4n) is 5.89. The lowest BCUT2D eigenvalue weighted by atomic mass is 10.0. The van der Waals surface area contributed by atoms with E-state index in [2.05, 4.69) is 39.0 Å². The van der Waals surface area contributed by atoms with E-state index in [9.17, 15) is 4.79 Å². The number of aromatic nitrogens is 1. The molecule has 0 radical (unpaired) electrons. The highest BCUT2D eigenvalue weighted by atomic mass is 35.5. The van der Waals surface area contributed by atoms with E-state index in [1.165, 1.54) is 74.1 Å². The summed E-state index contributed by atoms with van der Waals surface area (Å²) in [7, 11) is 0. The number of nitrogens with zero attached hydrogens (tertiary/aromatic N) is 2. The van der Waals surface area contributed by atoms with Crippen molar-refractivity contribution in [1.29, 1.82) is 0 Å². The van der Waals surface area contributed by atoms with Gasteiger partial charge in [-0.05, 0) is 41.0 Å². The molecule has 6 rings (SSSR count). The molecular weight excluding hydrogens is 441 g/mol. The van der Waals surface area contributed by atoms with Gasteiger partial charge in [-0.25, -0.2) is 0 Å². The quantitative estimate of drug-likeness (QED) is 0.456. The second-order valence-electron chi connectivity index (χ2n) is 9.27. The van der Waals surface area contributed by atoms with Crippen molar-refractivity contribution in [2.45, 2.75) is 44.7 Å². The maximum absolute atomic E-state index is 12.5. The molecule has 0 unspecified atom stereocenters. The molecule has 6 heteroatoms. The largest absolute Gasteiger partial charge is 0.321 e. The molecule has 2 aromatic carbocycles. The van der Waals surface area contributed by atoms with Crippen molar-refractivity contribution in [3.8, 4) is 11.3 Å². The Morgan fingerprint density at radius 1 is 0.906 bits per heavy atom. The Morgan fingerprint density at radius 3 is 2.38 bits per heavy atom. The molecule has 1 saturated heterocycles. The average Bonchev–Trinajstić information content (AvgIpc) is 3.43. The molecule has 3 aromatic rings. The summed E-state index contributed by atoms with van der Waals surface area (Å²) in [5.74, 6) is 0. The Hall–Kier alpha value is -1.85. The summed E-state index contributed by atoms with van der Waals surface area (Å²) in [5.41, 5.74) is 6.23. The Bertz CT molecular complexity index is 1160. The maximum Gasteiger partial charge on any atom is 0.256 e. The van der Waals surface area contributed by atoms with Crippen LogP contribution in [0.25, 0.3) is 22.0 Å². The summed E-state index contributed by atoms with van der Waals surface area (Å²) in [6.07, 6.45) is 6.56. The van der Waals surface area contributed by atoms with Crippen LogP contribution >= 0.6 is 24.8 Å². The Kier molecular flexibility index (Phi) is 6.97. The summed E-state index contributed by atoms with van der Waals surface area (Å²) in [6, 6.07) is 15.7. The number of fused-ring (bicyclic) bond motifs is 5. The third-order valence-electron chi connectivity index (χ3n) is 7.50. The number of piperazine rings is 1. The number of H-pyrrole nitrogens is 1. The van der Waals surface area contributed by atoms with Gasteiger partial charge in [0.05, 0.1) is 5.69 Å². The maximum atomic E-state index is 12.5. The van der Waals surface area contributed by atoms with E-state index in [4.69, 9.17) is 0 Å². The molecule has 170 valence electrons. The van der Waals surface area contributed by atoms with Crippen LogP contribution in [0.2, 0.25) is 0 Å². The number of rotatable bonds is 3. The second-order valence-corrected chi connectivity index (χ2v) is 9.27. The molecule has 2 fully saturated rings. The first kappa shape index (κ1) is 23.3. The van der Waals surface area contributed by atoms with E-state index >= 15 is 0 Å². The van der Waals surface area contributed by atoms with Gasteiger partial charge in [0.2, 0.25) is 0 Å². The van der Waals surface area contributed by atoms with E-state index in [0.29, 0.717) is 0 Å². The Balaban J connectivity index is 0.00000122.